The second-order valence-electron chi connectivity index (χ2n) is 8.43. The van der Waals surface area contributed by atoms with Gasteiger partial charge in [-0.1, -0.05) is 24.3 Å². The van der Waals surface area contributed by atoms with Gasteiger partial charge in [0.1, 0.15) is 0 Å². The molecule has 1 aliphatic carbocycles. The number of nitrogens with zero attached hydrogens (tertiary/aromatic N) is 3. The maximum absolute atomic E-state index is 13.3. The van der Waals surface area contributed by atoms with Gasteiger partial charge in [0.05, 0.1) is 16.6 Å². The van der Waals surface area contributed by atoms with Gasteiger partial charge < -0.3 is 9.80 Å². The third-order valence-corrected chi connectivity index (χ3v) is 7.15. The Hall–Kier alpha value is -2.75. The summed E-state index contributed by atoms with van der Waals surface area (Å²) >= 11 is 2.19. The summed E-state index contributed by atoms with van der Waals surface area (Å²) in [5.41, 5.74) is 2.19. The number of benzene rings is 2. The van der Waals surface area contributed by atoms with Crippen molar-refractivity contribution in [3.8, 4) is 0 Å². The van der Waals surface area contributed by atoms with Gasteiger partial charge in [-0.05, 0) is 59.2 Å². The maximum atomic E-state index is 13.3. The minimum Gasteiger partial charge on any atom is -0.339 e. The van der Waals surface area contributed by atoms with Gasteiger partial charge in [0, 0.05) is 47.5 Å². The molecule has 3 aromatic rings. The Morgan fingerprint density at radius 1 is 1.00 bits per heavy atom. The first kappa shape index (κ1) is 21.1. The Labute approximate surface area is 198 Å². The topological polar surface area (TPSA) is 86.4 Å². The summed E-state index contributed by atoms with van der Waals surface area (Å²) in [6.45, 7) is 2.32. The van der Waals surface area contributed by atoms with Gasteiger partial charge in [0.2, 0.25) is 5.91 Å². The van der Waals surface area contributed by atoms with Crippen LogP contribution in [0.4, 0.5) is 0 Å². The zero-order valence-electron chi connectivity index (χ0n) is 17.5. The van der Waals surface area contributed by atoms with Crippen molar-refractivity contribution in [3.05, 3.63) is 73.2 Å². The Morgan fingerprint density at radius 2 is 1.69 bits per heavy atom. The lowest BCUT2D eigenvalue weighted by Gasteiger charge is -2.35. The number of H-pyrrole nitrogens is 1. The highest BCUT2D eigenvalue weighted by Crippen LogP contribution is 2.31. The van der Waals surface area contributed by atoms with Crippen molar-refractivity contribution < 1.29 is 9.59 Å². The van der Waals surface area contributed by atoms with Crippen LogP contribution in [0.25, 0.3) is 10.8 Å². The molecule has 0 spiro atoms. The molecule has 2 amide bonds. The fourth-order valence-corrected chi connectivity index (χ4v) is 4.80. The number of aromatic nitrogens is 2. The highest BCUT2D eigenvalue weighted by molar-refractivity contribution is 14.1. The van der Waals surface area contributed by atoms with Crippen molar-refractivity contribution in [2.45, 2.75) is 19.3 Å². The summed E-state index contributed by atoms with van der Waals surface area (Å²) in [7, 11) is 0. The van der Waals surface area contributed by atoms with Gasteiger partial charge >= 0.3 is 0 Å². The standard InChI is InChI=1S/C24H23IN4O3/c25-20-8-5-15(14-21-17-3-1-2-4-18(17)22(30)27-26-21)13-19(20)24(32)29-11-9-28(10-12-29)23(31)16-6-7-16/h1-5,8,13,16H,6-7,9-12,14H2,(H,27,30). The SMILES string of the molecule is O=C(c1cc(Cc2n[nH]c(=O)c3ccccc23)ccc1I)N1CCN(C(=O)C2CC2)CC1. The van der Waals surface area contributed by atoms with Crippen molar-refractivity contribution in [2.75, 3.05) is 26.2 Å². The molecule has 0 radical (unpaired) electrons. The summed E-state index contributed by atoms with van der Waals surface area (Å²) in [5, 5.41) is 8.26. The second kappa shape index (κ2) is 8.65. The molecular weight excluding hydrogens is 519 g/mol. The molecular formula is C24H23IN4O3. The quantitative estimate of drug-likeness (QED) is 0.514. The van der Waals surface area contributed by atoms with Crippen molar-refractivity contribution in [3.63, 3.8) is 0 Å². The molecule has 5 rings (SSSR count). The van der Waals surface area contributed by atoms with Crippen molar-refractivity contribution in [1.29, 1.82) is 0 Å². The maximum Gasteiger partial charge on any atom is 0.272 e. The Kier molecular flexibility index (Phi) is 5.71. The number of carbonyl (C=O) groups is 2. The molecule has 0 atom stereocenters. The minimum atomic E-state index is -0.206. The molecule has 2 fully saturated rings. The zero-order chi connectivity index (χ0) is 22.2. The van der Waals surface area contributed by atoms with E-state index < -0.39 is 0 Å². The smallest absolute Gasteiger partial charge is 0.272 e. The van der Waals surface area contributed by atoms with E-state index >= 15 is 0 Å². The molecule has 2 aliphatic rings. The summed E-state index contributed by atoms with van der Waals surface area (Å²) < 4.78 is 0.895. The van der Waals surface area contributed by atoms with Gasteiger partial charge in [0.25, 0.3) is 11.5 Å². The lowest BCUT2D eigenvalue weighted by Crippen LogP contribution is -2.51. The highest BCUT2D eigenvalue weighted by atomic mass is 127. The third-order valence-electron chi connectivity index (χ3n) is 6.21. The Bertz CT molecular complexity index is 1260. The first-order chi connectivity index (χ1) is 15.5. The minimum absolute atomic E-state index is 0.00550. The highest BCUT2D eigenvalue weighted by Gasteiger charge is 2.35. The average Bonchev–Trinajstić information content (AvgIpc) is 3.67. The number of hydrogen-bond donors (Lipinski definition) is 1. The lowest BCUT2D eigenvalue weighted by molar-refractivity contribution is -0.134. The van der Waals surface area contributed by atoms with E-state index in [-0.39, 0.29) is 23.3 Å². The van der Waals surface area contributed by atoms with Gasteiger partial charge in [-0.15, -0.1) is 0 Å². The van der Waals surface area contributed by atoms with Crippen LogP contribution in [0.2, 0.25) is 0 Å². The van der Waals surface area contributed by atoms with Crippen LogP contribution in [0.3, 0.4) is 0 Å². The number of carbonyl (C=O) groups excluding carboxylic acids is 2. The molecule has 8 heteroatoms. The molecule has 7 nitrogen and oxygen atoms in total. The first-order valence-corrected chi connectivity index (χ1v) is 11.9. The Balaban J connectivity index is 1.34. The van der Waals surface area contributed by atoms with Gasteiger partial charge in [0.15, 0.2) is 0 Å². The van der Waals surface area contributed by atoms with Crippen molar-refractivity contribution in [1.82, 2.24) is 20.0 Å². The molecule has 1 aliphatic heterocycles. The normalized spacial score (nSPS) is 16.4. The molecule has 0 unspecified atom stereocenters. The fourth-order valence-electron chi connectivity index (χ4n) is 4.23. The van der Waals surface area contributed by atoms with Crippen LogP contribution in [0, 0.1) is 9.49 Å². The van der Waals surface area contributed by atoms with Crippen LogP contribution >= 0.6 is 22.6 Å². The van der Waals surface area contributed by atoms with Crippen LogP contribution in [0.1, 0.15) is 34.5 Å². The molecule has 1 saturated carbocycles. The molecule has 32 heavy (non-hydrogen) atoms. The van der Waals surface area contributed by atoms with E-state index in [0.717, 1.165) is 33.1 Å². The number of hydrogen-bond acceptors (Lipinski definition) is 4. The predicted molar refractivity (Wildman–Crippen MR) is 130 cm³/mol. The molecule has 1 aromatic heterocycles. The third kappa shape index (κ3) is 4.15. The number of rotatable bonds is 4. The van der Waals surface area contributed by atoms with Gasteiger partial charge in [-0.25, -0.2) is 5.10 Å². The molecule has 1 saturated heterocycles. The van der Waals surface area contributed by atoms with Gasteiger partial charge in [-0.3, -0.25) is 14.4 Å². The number of fused-ring (bicyclic) bond motifs is 1. The Morgan fingerprint density at radius 3 is 2.41 bits per heavy atom. The number of aromatic amines is 1. The van der Waals surface area contributed by atoms with E-state index in [4.69, 9.17) is 0 Å². The van der Waals surface area contributed by atoms with Crippen LogP contribution < -0.4 is 5.56 Å². The molecule has 1 N–H and O–H groups in total. The van der Waals surface area contributed by atoms with Crippen molar-refractivity contribution in [2.24, 2.45) is 5.92 Å². The predicted octanol–water partition coefficient (Wildman–Crippen LogP) is 2.81. The molecule has 2 aromatic carbocycles. The number of amides is 2. The van der Waals surface area contributed by atoms with Gasteiger partial charge in [-0.2, -0.15) is 5.10 Å². The van der Waals surface area contributed by atoms with E-state index in [1.807, 2.05) is 46.2 Å². The van der Waals surface area contributed by atoms with E-state index in [0.29, 0.717) is 43.5 Å². The monoisotopic (exact) mass is 542 g/mol. The van der Waals surface area contributed by atoms with Crippen LogP contribution in [0.15, 0.2) is 47.3 Å². The largest absolute Gasteiger partial charge is 0.339 e. The second-order valence-corrected chi connectivity index (χ2v) is 9.59. The number of nitrogens with one attached hydrogen (secondary N) is 1. The van der Waals surface area contributed by atoms with Crippen molar-refractivity contribution >= 4 is 45.2 Å². The fraction of sp³-hybridized carbons (Fsp3) is 0.333. The van der Waals surface area contributed by atoms with E-state index in [2.05, 4.69) is 32.8 Å². The lowest BCUT2D eigenvalue weighted by atomic mass is 10.0. The van der Waals surface area contributed by atoms with Crippen LogP contribution in [-0.2, 0) is 11.2 Å². The number of halogens is 1. The molecule has 164 valence electrons. The summed E-state index contributed by atoms with van der Waals surface area (Å²) in [6, 6.07) is 13.3. The zero-order valence-corrected chi connectivity index (χ0v) is 19.7. The summed E-state index contributed by atoms with van der Waals surface area (Å²) in [5.74, 6) is 0.454. The molecule has 2 heterocycles. The molecule has 0 bridgehead atoms. The van der Waals surface area contributed by atoms with Crippen LogP contribution in [0.5, 0.6) is 0 Å². The summed E-state index contributed by atoms with van der Waals surface area (Å²) in [4.78, 5) is 41.3. The van der Waals surface area contributed by atoms with Crippen LogP contribution in [-0.4, -0.2) is 58.0 Å². The van der Waals surface area contributed by atoms with E-state index in [1.54, 1.807) is 6.07 Å². The van der Waals surface area contributed by atoms with E-state index in [9.17, 15) is 14.4 Å². The average molecular weight is 542 g/mol. The number of piperazine rings is 1. The summed E-state index contributed by atoms with van der Waals surface area (Å²) in [6.07, 6.45) is 2.52. The van der Waals surface area contributed by atoms with E-state index in [1.165, 1.54) is 0 Å². The first-order valence-electron chi connectivity index (χ1n) is 10.8.